The Hall–Kier alpha value is -4.37. The van der Waals surface area contributed by atoms with Crippen LogP contribution in [0.3, 0.4) is 0 Å². The zero-order valence-corrected chi connectivity index (χ0v) is 20.0. The van der Waals surface area contributed by atoms with Gasteiger partial charge >= 0.3 is 0 Å². The van der Waals surface area contributed by atoms with Crippen molar-refractivity contribution in [2.75, 3.05) is 26.1 Å². The molecule has 0 saturated heterocycles. The number of carbonyl (C=O) groups is 1. The first-order chi connectivity index (χ1) is 17.1. The summed E-state index contributed by atoms with van der Waals surface area (Å²) in [5.74, 6) is 1.34. The third-order valence-electron chi connectivity index (χ3n) is 5.04. The van der Waals surface area contributed by atoms with Gasteiger partial charge in [-0.05, 0) is 65.8 Å². The SMILES string of the molecule is COc1ccc(NC(=O)COc2ccc(/C=N/n3cc(-c4ccccc4)[nH]c3=S)cc2OC)cc1. The Labute approximate surface area is 207 Å². The molecular formula is C26H24N4O4S. The molecule has 4 rings (SSSR count). The van der Waals surface area contributed by atoms with Crippen LogP contribution in [0.2, 0.25) is 0 Å². The number of aromatic nitrogens is 2. The zero-order valence-electron chi connectivity index (χ0n) is 19.2. The lowest BCUT2D eigenvalue weighted by Crippen LogP contribution is -2.20. The highest BCUT2D eigenvalue weighted by Crippen LogP contribution is 2.28. The minimum absolute atomic E-state index is 0.170. The largest absolute Gasteiger partial charge is 0.497 e. The van der Waals surface area contributed by atoms with Gasteiger partial charge in [0, 0.05) is 5.69 Å². The average Bonchev–Trinajstić information content (AvgIpc) is 3.27. The second-order valence-electron chi connectivity index (χ2n) is 7.40. The first-order valence-electron chi connectivity index (χ1n) is 10.7. The zero-order chi connectivity index (χ0) is 24.6. The van der Waals surface area contributed by atoms with E-state index in [1.54, 1.807) is 54.4 Å². The summed E-state index contributed by atoms with van der Waals surface area (Å²) >= 11 is 5.38. The maximum atomic E-state index is 12.3. The van der Waals surface area contributed by atoms with Crippen LogP contribution in [0.15, 0.2) is 84.1 Å². The van der Waals surface area contributed by atoms with Gasteiger partial charge in [0.15, 0.2) is 22.9 Å². The van der Waals surface area contributed by atoms with E-state index in [-0.39, 0.29) is 12.5 Å². The number of ether oxygens (including phenoxy) is 3. The summed E-state index contributed by atoms with van der Waals surface area (Å²) < 4.78 is 18.3. The summed E-state index contributed by atoms with van der Waals surface area (Å²) in [5, 5.41) is 7.22. The number of benzene rings is 3. The van der Waals surface area contributed by atoms with Crippen LogP contribution >= 0.6 is 12.2 Å². The molecule has 4 aromatic rings. The molecule has 1 heterocycles. The van der Waals surface area contributed by atoms with Crippen molar-refractivity contribution >= 4 is 30.0 Å². The van der Waals surface area contributed by atoms with E-state index in [0.29, 0.717) is 27.7 Å². The number of rotatable bonds is 9. The molecule has 0 aliphatic carbocycles. The van der Waals surface area contributed by atoms with Crippen LogP contribution in [-0.2, 0) is 4.79 Å². The van der Waals surface area contributed by atoms with Gasteiger partial charge in [-0.15, -0.1) is 0 Å². The van der Waals surface area contributed by atoms with Crippen molar-refractivity contribution in [1.29, 1.82) is 0 Å². The average molecular weight is 489 g/mol. The summed E-state index contributed by atoms with van der Waals surface area (Å²) in [5.41, 5.74) is 3.33. The molecule has 2 N–H and O–H groups in total. The number of aromatic amines is 1. The molecule has 178 valence electrons. The molecule has 0 radical (unpaired) electrons. The molecule has 0 fully saturated rings. The van der Waals surface area contributed by atoms with Crippen LogP contribution in [0.4, 0.5) is 5.69 Å². The molecular weight excluding hydrogens is 464 g/mol. The van der Waals surface area contributed by atoms with Gasteiger partial charge in [-0.2, -0.15) is 5.10 Å². The molecule has 0 unspecified atom stereocenters. The highest BCUT2D eigenvalue weighted by atomic mass is 32.1. The van der Waals surface area contributed by atoms with Gasteiger partial charge in [0.25, 0.3) is 5.91 Å². The number of nitrogens with one attached hydrogen (secondary N) is 2. The maximum Gasteiger partial charge on any atom is 0.262 e. The van der Waals surface area contributed by atoms with Gasteiger partial charge in [-0.3, -0.25) is 4.79 Å². The molecule has 9 heteroatoms. The highest BCUT2D eigenvalue weighted by molar-refractivity contribution is 7.71. The lowest BCUT2D eigenvalue weighted by molar-refractivity contribution is -0.118. The lowest BCUT2D eigenvalue weighted by Gasteiger charge is -2.11. The molecule has 0 atom stereocenters. The normalized spacial score (nSPS) is 10.8. The first-order valence-corrected chi connectivity index (χ1v) is 11.1. The molecule has 35 heavy (non-hydrogen) atoms. The first kappa shape index (κ1) is 23.8. The van der Waals surface area contributed by atoms with Crippen LogP contribution in [0.25, 0.3) is 11.3 Å². The number of nitrogens with zero attached hydrogens (tertiary/aromatic N) is 2. The van der Waals surface area contributed by atoms with Crippen molar-refractivity contribution in [3.63, 3.8) is 0 Å². The number of hydrogen-bond acceptors (Lipinski definition) is 6. The van der Waals surface area contributed by atoms with Crippen molar-refractivity contribution in [1.82, 2.24) is 9.66 Å². The molecule has 1 amide bonds. The number of anilines is 1. The summed E-state index contributed by atoms with van der Waals surface area (Å²) in [6.07, 6.45) is 3.51. The predicted octanol–water partition coefficient (Wildman–Crippen LogP) is 5.13. The summed E-state index contributed by atoms with van der Waals surface area (Å²) in [4.78, 5) is 15.4. The van der Waals surface area contributed by atoms with Crippen molar-refractivity contribution in [3.8, 4) is 28.5 Å². The smallest absolute Gasteiger partial charge is 0.262 e. The van der Waals surface area contributed by atoms with E-state index in [1.807, 2.05) is 42.6 Å². The van der Waals surface area contributed by atoms with Crippen LogP contribution in [0, 0.1) is 4.77 Å². The van der Waals surface area contributed by atoms with Crippen molar-refractivity contribution in [2.45, 2.75) is 0 Å². The fourth-order valence-corrected chi connectivity index (χ4v) is 3.47. The minimum atomic E-state index is -0.293. The third kappa shape index (κ3) is 6.15. The molecule has 1 aromatic heterocycles. The fraction of sp³-hybridized carbons (Fsp3) is 0.115. The third-order valence-corrected chi connectivity index (χ3v) is 5.33. The van der Waals surface area contributed by atoms with Crippen molar-refractivity contribution in [3.05, 3.63) is 89.3 Å². The molecule has 8 nitrogen and oxygen atoms in total. The van der Waals surface area contributed by atoms with E-state index in [0.717, 1.165) is 16.8 Å². The van der Waals surface area contributed by atoms with Gasteiger partial charge < -0.3 is 24.5 Å². The van der Waals surface area contributed by atoms with Crippen LogP contribution in [0.5, 0.6) is 17.2 Å². The molecule has 0 aliphatic heterocycles. The van der Waals surface area contributed by atoms with Gasteiger partial charge in [0.05, 0.1) is 32.3 Å². The molecule has 0 bridgehead atoms. The van der Waals surface area contributed by atoms with Gasteiger partial charge in [-0.25, -0.2) is 4.68 Å². The number of imidazole rings is 1. The number of amides is 1. The van der Waals surface area contributed by atoms with E-state index in [1.165, 1.54) is 7.11 Å². The summed E-state index contributed by atoms with van der Waals surface area (Å²) in [6, 6.07) is 22.2. The second kappa shape index (κ2) is 11.2. The fourth-order valence-electron chi connectivity index (χ4n) is 3.26. The lowest BCUT2D eigenvalue weighted by atomic mass is 10.2. The maximum absolute atomic E-state index is 12.3. The van der Waals surface area contributed by atoms with Gasteiger partial charge in [-0.1, -0.05) is 30.3 Å². The predicted molar refractivity (Wildman–Crippen MR) is 138 cm³/mol. The number of carbonyl (C=O) groups excluding carboxylic acids is 1. The Kier molecular flexibility index (Phi) is 7.59. The van der Waals surface area contributed by atoms with Crippen LogP contribution in [-0.4, -0.2) is 42.6 Å². The Balaban J connectivity index is 1.40. The standard InChI is InChI=1S/C26H24N4O4S/c1-32-21-11-9-20(10-12-21)28-25(31)17-34-23-13-8-18(14-24(23)33-2)15-27-30-16-22(29-26(30)35)19-6-4-3-5-7-19/h3-16H,17H2,1-2H3,(H,28,31)(H,29,35)/b27-15+. The Morgan fingerprint density at radius 1 is 1.03 bits per heavy atom. The monoisotopic (exact) mass is 488 g/mol. The van der Waals surface area contributed by atoms with E-state index in [4.69, 9.17) is 26.4 Å². The Bertz CT molecular complexity index is 1380. The van der Waals surface area contributed by atoms with Crippen LogP contribution < -0.4 is 19.5 Å². The van der Waals surface area contributed by atoms with Crippen molar-refractivity contribution in [2.24, 2.45) is 5.10 Å². The van der Waals surface area contributed by atoms with Crippen LogP contribution in [0.1, 0.15) is 5.56 Å². The molecule has 3 aromatic carbocycles. The number of methoxy groups -OCH3 is 2. The Morgan fingerprint density at radius 3 is 2.51 bits per heavy atom. The van der Waals surface area contributed by atoms with Gasteiger partial charge in [0.2, 0.25) is 0 Å². The molecule has 0 aliphatic rings. The van der Waals surface area contributed by atoms with E-state index < -0.39 is 0 Å². The second-order valence-corrected chi connectivity index (χ2v) is 7.79. The quantitative estimate of drug-likeness (QED) is 0.252. The molecule has 0 saturated carbocycles. The Morgan fingerprint density at radius 2 is 1.80 bits per heavy atom. The van der Waals surface area contributed by atoms with Gasteiger partial charge in [0.1, 0.15) is 5.75 Å². The summed E-state index contributed by atoms with van der Waals surface area (Å²) in [6.45, 7) is -0.170. The van der Waals surface area contributed by atoms with E-state index >= 15 is 0 Å². The van der Waals surface area contributed by atoms with E-state index in [9.17, 15) is 4.79 Å². The number of hydrogen-bond donors (Lipinski definition) is 2. The highest BCUT2D eigenvalue weighted by Gasteiger charge is 2.09. The molecule has 0 spiro atoms. The van der Waals surface area contributed by atoms with Crippen molar-refractivity contribution < 1.29 is 19.0 Å². The summed E-state index contributed by atoms with van der Waals surface area (Å²) in [7, 11) is 3.12. The topological polar surface area (TPSA) is 89.9 Å². The minimum Gasteiger partial charge on any atom is -0.497 e. The number of H-pyrrole nitrogens is 1. The van der Waals surface area contributed by atoms with E-state index in [2.05, 4.69) is 15.4 Å².